The predicted octanol–water partition coefficient (Wildman–Crippen LogP) is 3.84. The first-order valence-electron chi connectivity index (χ1n) is 10.3. The van der Waals surface area contributed by atoms with E-state index in [2.05, 4.69) is 0 Å². The molecular weight excluding hydrogens is 412 g/mol. The van der Waals surface area contributed by atoms with Crippen LogP contribution in [-0.4, -0.2) is 23.3 Å². The molecule has 4 rings (SSSR count). The van der Waals surface area contributed by atoms with E-state index < -0.39 is 16.8 Å². The number of para-hydroxylation sites is 1. The average molecular weight is 434 g/mol. The van der Waals surface area contributed by atoms with E-state index in [4.69, 9.17) is 15.2 Å². The Labute approximate surface area is 184 Å². The summed E-state index contributed by atoms with van der Waals surface area (Å²) in [4.78, 5) is 37.4. The number of ether oxygens (including phenoxy) is 2. The van der Waals surface area contributed by atoms with Crippen LogP contribution in [0.15, 0.2) is 77.4 Å². The summed E-state index contributed by atoms with van der Waals surface area (Å²) in [6.07, 6.45) is 0.582. The number of nitrogens with zero attached hydrogens (tertiary/aromatic N) is 1. The fourth-order valence-electron chi connectivity index (χ4n) is 4.39. The number of benzene rings is 2. The molecule has 1 aliphatic carbocycles. The van der Waals surface area contributed by atoms with Gasteiger partial charge in [-0.05, 0) is 18.4 Å². The maximum Gasteiger partial charge on any atom is 0.340 e. The van der Waals surface area contributed by atoms with Crippen molar-refractivity contribution in [2.45, 2.75) is 31.6 Å². The SMILES string of the molecule is CCOC(=O)C1=C(N)OC2=C(C(=O)C[C@H](c3ccccc3)C2)[C@@H]1c1ccccc1[N+](=O)[O-]. The summed E-state index contributed by atoms with van der Waals surface area (Å²) in [5.74, 6) is -2.03. The van der Waals surface area contributed by atoms with E-state index in [0.29, 0.717) is 12.2 Å². The van der Waals surface area contributed by atoms with Crippen molar-refractivity contribution in [1.29, 1.82) is 0 Å². The fraction of sp³-hybridized carbons (Fsp3) is 0.250. The van der Waals surface area contributed by atoms with Gasteiger partial charge in [-0.15, -0.1) is 0 Å². The van der Waals surface area contributed by atoms with Crippen LogP contribution in [0.4, 0.5) is 5.69 Å². The highest BCUT2D eigenvalue weighted by Gasteiger charge is 2.45. The summed E-state index contributed by atoms with van der Waals surface area (Å²) in [5.41, 5.74) is 7.25. The van der Waals surface area contributed by atoms with Gasteiger partial charge in [0.05, 0.1) is 17.4 Å². The molecule has 0 unspecified atom stereocenters. The molecule has 0 fully saturated rings. The second-order valence-electron chi connectivity index (χ2n) is 7.63. The van der Waals surface area contributed by atoms with E-state index in [1.165, 1.54) is 18.2 Å². The minimum Gasteiger partial charge on any atom is -0.462 e. The number of Topliss-reactive ketones (excluding diaryl/α,β-unsaturated/α-hetero) is 1. The molecule has 164 valence electrons. The van der Waals surface area contributed by atoms with Crippen LogP contribution in [-0.2, 0) is 19.1 Å². The topological polar surface area (TPSA) is 122 Å². The predicted molar refractivity (Wildman–Crippen MR) is 115 cm³/mol. The Hall–Kier alpha value is -3.94. The zero-order valence-electron chi connectivity index (χ0n) is 17.4. The Morgan fingerprint density at radius 2 is 1.84 bits per heavy atom. The minimum absolute atomic E-state index is 0.0785. The van der Waals surface area contributed by atoms with Gasteiger partial charge in [0, 0.05) is 30.0 Å². The van der Waals surface area contributed by atoms with Crippen molar-refractivity contribution >= 4 is 17.4 Å². The first-order valence-corrected chi connectivity index (χ1v) is 10.3. The second kappa shape index (κ2) is 8.66. The molecule has 1 aliphatic heterocycles. The van der Waals surface area contributed by atoms with Gasteiger partial charge in [0.2, 0.25) is 5.88 Å². The molecule has 1 heterocycles. The normalized spacial score (nSPS) is 20.5. The lowest BCUT2D eigenvalue weighted by Gasteiger charge is -2.34. The Morgan fingerprint density at radius 1 is 1.16 bits per heavy atom. The summed E-state index contributed by atoms with van der Waals surface area (Å²) in [5, 5.41) is 11.7. The summed E-state index contributed by atoms with van der Waals surface area (Å²) >= 11 is 0. The zero-order valence-corrected chi connectivity index (χ0v) is 17.4. The van der Waals surface area contributed by atoms with Gasteiger partial charge in [-0.25, -0.2) is 4.79 Å². The molecule has 32 heavy (non-hydrogen) atoms. The van der Waals surface area contributed by atoms with Crippen LogP contribution in [0.5, 0.6) is 0 Å². The Balaban J connectivity index is 1.87. The van der Waals surface area contributed by atoms with Gasteiger partial charge in [-0.2, -0.15) is 0 Å². The van der Waals surface area contributed by atoms with Crippen molar-refractivity contribution in [2.75, 3.05) is 6.61 Å². The van der Waals surface area contributed by atoms with Crippen LogP contribution in [0.25, 0.3) is 0 Å². The third-order valence-electron chi connectivity index (χ3n) is 5.75. The van der Waals surface area contributed by atoms with E-state index in [1.807, 2.05) is 30.3 Å². The number of nitrogens with two attached hydrogens (primary N) is 1. The van der Waals surface area contributed by atoms with Gasteiger partial charge in [0.25, 0.3) is 5.69 Å². The lowest BCUT2D eigenvalue weighted by molar-refractivity contribution is -0.385. The largest absolute Gasteiger partial charge is 0.462 e. The molecule has 0 bridgehead atoms. The summed E-state index contributed by atoms with van der Waals surface area (Å²) in [6, 6.07) is 15.6. The molecule has 0 radical (unpaired) electrons. The Bertz CT molecular complexity index is 1150. The van der Waals surface area contributed by atoms with Gasteiger partial charge in [-0.1, -0.05) is 48.5 Å². The van der Waals surface area contributed by atoms with E-state index in [0.717, 1.165) is 5.56 Å². The zero-order chi connectivity index (χ0) is 22.8. The number of carbonyl (C=O) groups excluding carboxylic acids is 2. The maximum atomic E-state index is 13.4. The van der Waals surface area contributed by atoms with E-state index in [1.54, 1.807) is 13.0 Å². The quantitative estimate of drug-likeness (QED) is 0.431. The summed E-state index contributed by atoms with van der Waals surface area (Å²) in [6.45, 7) is 1.72. The standard InChI is InChI=1S/C24H22N2O6/c1-2-31-24(28)22-20(16-10-6-7-11-17(16)26(29)30)21-18(27)12-15(13-19(21)32-23(22)25)14-8-4-3-5-9-14/h3-11,15,20H,2,12-13,25H2,1H3/t15-,20-/m0/s1. The van der Waals surface area contributed by atoms with Crippen LogP contribution in [0, 0.1) is 10.1 Å². The molecule has 8 heteroatoms. The van der Waals surface area contributed by atoms with Crippen LogP contribution in [0.3, 0.4) is 0 Å². The fourth-order valence-corrected chi connectivity index (χ4v) is 4.39. The lowest BCUT2D eigenvalue weighted by Crippen LogP contribution is -2.33. The highest BCUT2D eigenvalue weighted by Crippen LogP contribution is 2.48. The minimum atomic E-state index is -1.04. The molecule has 2 aromatic carbocycles. The second-order valence-corrected chi connectivity index (χ2v) is 7.63. The van der Waals surface area contributed by atoms with E-state index >= 15 is 0 Å². The van der Waals surface area contributed by atoms with Gasteiger partial charge >= 0.3 is 5.97 Å². The number of carbonyl (C=O) groups is 2. The third-order valence-corrected chi connectivity index (χ3v) is 5.75. The highest BCUT2D eigenvalue weighted by molar-refractivity contribution is 6.04. The number of ketones is 1. The first-order chi connectivity index (χ1) is 15.4. The Morgan fingerprint density at radius 3 is 2.53 bits per heavy atom. The van der Waals surface area contributed by atoms with Crippen molar-refractivity contribution in [3.8, 4) is 0 Å². The van der Waals surface area contributed by atoms with E-state index in [9.17, 15) is 19.7 Å². The van der Waals surface area contributed by atoms with Crippen molar-refractivity contribution in [2.24, 2.45) is 5.73 Å². The van der Waals surface area contributed by atoms with Gasteiger partial charge in [0.15, 0.2) is 5.78 Å². The van der Waals surface area contributed by atoms with Crippen LogP contribution in [0.2, 0.25) is 0 Å². The molecule has 2 atom stereocenters. The van der Waals surface area contributed by atoms with Crippen LogP contribution < -0.4 is 5.73 Å². The lowest BCUT2D eigenvalue weighted by atomic mass is 9.73. The molecule has 0 saturated heterocycles. The molecule has 0 spiro atoms. The average Bonchev–Trinajstić information content (AvgIpc) is 2.78. The Kier molecular flexibility index (Phi) is 5.77. The molecule has 0 amide bonds. The summed E-state index contributed by atoms with van der Waals surface area (Å²) < 4.78 is 10.9. The number of nitro benzene ring substituents is 1. The van der Waals surface area contributed by atoms with Crippen molar-refractivity contribution in [1.82, 2.24) is 0 Å². The number of hydrogen-bond donors (Lipinski definition) is 1. The van der Waals surface area contributed by atoms with Crippen LogP contribution in [0.1, 0.15) is 42.7 Å². The molecule has 2 N–H and O–H groups in total. The van der Waals surface area contributed by atoms with Gasteiger partial charge in [-0.3, -0.25) is 14.9 Å². The number of allylic oxidation sites excluding steroid dienone is 2. The smallest absolute Gasteiger partial charge is 0.340 e. The van der Waals surface area contributed by atoms with Gasteiger partial charge < -0.3 is 15.2 Å². The maximum absolute atomic E-state index is 13.4. The summed E-state index contributed by atoms with van der Waals surface area (Å²) in [7, 11) is 0. The van der Waals surface area contributed by atoms with Gasteiger partial charge in [0.1, 0.15) is 11.3 Å². The number of esters is 1. The number of nitro groups is 1. The molecule has 8 nitrogen and oxygen atoms in total. The van der Waals surface area contributed by atoms with Crippen molar-refractivity contribution in [3.05, 3.63) is 98.6 Å². The van der Waals surface area contributed by atoms with Crippen LogP contribution >= 0.6 is 0 Å². The van der Waals surface area contributed by atoms with Crippen molar-refractivity contribution < 1.29 is 24.0 Å². The molecule has 0 aromatic heterocycles. The van der Waals surface area contributed by atoms with E-state index in [-0.39, 0.29) is 53.0 Å². The molecule has 0 saturated carbocycles. The molecule has 2 aliphatic rings. The number of rotatable bonds is 5. The monoisotopic (exact) mass is 434 g/mol. The van der Waals surface area contributed by atoms with Crippen molar-refractivity contribution in [3.63, 3.8) is 0 Å². The molecule has 2 aromatic rings. The highest BCUT2D eigenvalue weighted by atomic mass is 16.6. The first kappa shape index (κ1) is 21.3. The third kappa shape index (κ3) is 3.75. The molecular formula is C24H22N2O6. The number of hydrogen-bond acceptors (Lipinski definition) is 7.